The second kappa shape index (κ2) is 6.44. The molecule has 0 radical (unpaired) electrons. The summed E-state index contributed by atoms with van der Waals surface area (Å²) in [5, 5.41) is 6.39. The Kier molecular flexibility index (Phi) is 5.53. The Morgan fingerprint density at radius 1 is 1.50 bits per heavy atom. The molecule has 0 amide bonds. The molecule has 1 nitrogen and oxygen atoms in total. The van der Waals surface area contributed by atoms with Crippen molar-refractivity contribution in [1.82, 2.24) is 5.32 Å². The van der Waals surface area contributed by atoms with E-state index in [2.05, 4.69) is 19.2 Å². The molecular weight excluding hydrogens is 214 g/mol. The minimum absolute atomic E-state index is 0.654. The average Bonchev–Trinajstić information content (AvgIpc) is 2.59. The first-order valence-electron chi connectivity index (χ1n) is 5.22. The Hall–Kier alpha value is -0.0500. The number of nitrogens with one attached hydrogen (secondary N) is 1. The third-order valence-corrected chi connectivity index (χ3v) is 3.60. The van der Waals surface area contributed by atoms with E-state index >= 15 is 0 Å². The maximum absolute atomic E-state index is 5.85. The normalized spacial score (nSPS) is 13.1. The van der Waals surface area contributed by atoms with Gasteiger partial charge in [-0.15, -0.1) is 11.3 Å². The Bertz CT molecular complexity index is 260. The van der Waals surface area contributed by atoms with Gasteiger partial charge in [-0.3, -0.25) is 0 Å². The number of thiophene rings is 1. The van der Waals surface area contributed by atoms with E-state index in [4.69, 9.17) is 11.6 Å². The molecule has 1 N–H and O–H groups in total. The predicted octanol–water partition coefficient (Wildman–Crippen LogP) is 4.07. The van der Waals surface area contributed by atoms with Crippen molar-refractivity contribution in [1.29, 1.82) is 0 Å². The molecule has 0 spiro atoms. The predicted molar refractivity (Wildman–Crippen MR) is 65.2 cm³/mol. The van der Waals surface area contributed by atoms with Crippen molar-refractivity contribution in [2.75, 3.05) is 0 Å². The van der Waals surface area contributed by atoms with E-state index in [-0.39, 0.29) is 0 Å². The fraction of sp³-hybridized carbons (Fsp3) is 0.636. The summed E-state index contributed by atoms with van der Waals surface area (Å²) in [7, 11) is 0. The van der Waals surface area contributed by atoms with Crippen LogP contribution < -0.4 is 5.32 Å². The third-order valence-electron chi connectivity index (χ3n) is 2.32. The van der Waals surface area contributed by atoms with Gasteiger partial charge in [-0.25, -0.2) is 0 Å². The van der Waals surface area contributed by atoms with Crippen LogP contribution in [-0.4, -0.2) is 6.04 Å². The first-order valence-corrected chi connectivity index (χ1v) is 6.48. The molecule has 3 heteroatoms. The summed E-state index contributed by atoms with van der Waals surface area (Å²) in [4.78, 5) is 1.32. The molecule has 0 aliphatic carbocycles. The van der Waals surface area contributed by atoms with Gasteiger partial charge in [0.05, 0.1) is 5.02 Å². The fourth-order valence-corrected chi connectivity index (χ4v) is 2.51. The Balaban J connectivity index is 2.31. The van der Waals surface area contributed by atoms with E-state index < -0.39 is 0 Å². The summed E-state index contributed by atoms with van der Waals surface area (Å²) in [6.07, 6.45) is 3.71. The monoisotopic (exact) mass is 231 g/mol. The topological polar surface area (TPSA) is 12.0 Å². The Morgan fingerprint density at radius 3 is 2.79 bits per heavy atom. The Morgan fingerprint density at radius 2 is 2.29 bits per heavy atom. The zero-order valence-corrected chi connectivity index (χ0v) is 10.4. The molecule has 80 valence electrons. The van der Waals surface area contributed by atoms with Crippen LogP contribution in [0.5, 0.6) is 0 Å². The van der Waals surface area contributed by atoms with Crippen molar-refractivity contribution in [2.24, 2.45) is 0 Å². The molecule has 0 aliphatic heterocycles. The van der Waals surface area contributed by atoms with E-state index in [1.807, 2.05) is 11.4 Å². The van der Waals surface area contributed by atoms with Crippen LogP contribution in [0.1, 0.15) is 38.0 Å². The van der Waals surface area contributed by atoms with Gasteiger partial charge in [0, 0.05) is 22.8 Å². The van der Waals surface area contributed by atoms with Crippen LogP contribution in [-0.2, 0) is 6.54 Å². The summed E-state index contributed by atoms with van der Waals surface area (Å²) in [6.45, 7) is 5.41. The van der Waals surface area contributed by atoms with Crippen molar-refractivity contribution in [3.8, 4) is 0 Å². The largest absolute Gasteiger partial charge is 0.309 e. The number of rotatable bonds is 6. The first kappa shape index (κ1) is 12.0. The van der Waals surface area contributed by atoms with Gasteiger partial charge in [-0.2, -0.15) is 0 Å². The highest BCUT2D eigenvalue weighted by Crippen LogP contribution is 2.19. The summed E-state index contributed by atoms with van der Waals surface area (Å²) in [6, 6.07) is 2.69. The molecule has 0 saturated heterocycles. The third kappa shape index (κ3) is 3.99. The standard InChI is InChI=1S/C11H18ClNS/c1-3-5-10(4-2)13-7-11-6-9(12)8-14-11/h6,8,10,13H,3-5,7H2,1-2H3. The van der Waals surface area contributed by atoms with Gasteiger partial charge >= 0.3 is 0 Å². The van der Waals surface area contributed by atoms with Gasteiger partial charge < -0.3 is 5.32 Å². The second-order valence-corrected chi connectivity index (χ2v) is 4.94. The average molecular weight is 232 g/mol. The van der Waals surface area contributed by atoms with E-state index in [1.165, 1.54) is 24.1 Å². The molecule has 0 fully saturated rings. The zero-order valence-electron chi connectivity index (χ0n) is 8.85. The highest BCUT2D eigenvalue weighted by molar-refractivity contribution is 7.10. The molecule has 0 saturated carbocycles. The van der Waals surface area contributed by atoms with Crippen LogP contribution in [0.4, 0.5) is 0 Å². The smallest absolute Gasteiger partial charge is 0.0516 e. The molecule has 1 atom stereocenters. The van der Waals surface area contributed by atoms with Crippen molar-refractivity contribution in [3.63, 3.8) is 0 Å². The minimum Gasteiger partial charge on any atom is -0.309 e. The molecule has 0 aliphatic rings. The Labute approximate surface area is 95.5 Å². The summed E-state index contributed by atoms with van der Waals surface area (Å²) < 4.78 is 0. The van der Waals surface area contributed by atoms with Gasteiger partial charge in [-0.05, 0) is 18.9 Å². The molecule has 14 heavy (non-hydrogen) atoms. The van der Waals surface area contributed by atoms with Gasteiger partial charge in [-0.1, -0.05) is 31.9 Å². The lowest BCUT2D eigenvalue weighted by Gasteiger charge is -2.14. The molecule has 1 rings (SSSR count). The van der Waals surface area contributed by atoms with E-state index in [0.717, 1.165) is 11.6 Å². The summed E-state index contributed by atoms with van der Waals surface area (Å²) in [5.41, 5.74) is 0. The zero-order chi connectivity index (χ0) is 10.4. The van der Waals surface area contributed by atoms with Crippen molar-refractivity contribution in [2.45, 2.75) is 45.7 Å². The van der Waals surface area contributed by atoms with Gasteiger partial charge in [0.25, 0.3) is 0 Å². The summed E-state index contributed by atoms with van der Waals surface area (Å²) >= 11 is 7.58. The SMILES string of the molecule is CCCC(CC)NCc1cc(Cl)cs1. The van der Waals surface area contributed by atoms with Crippen LogP contribution in [0.3, 0.4) is 0 Å². The van der Waals surface area contributed by atoms with Crippen molar-refractivity contribution in [3.05, 3.63) is 21.3 Å². The molecule has 1 aromatic heterocycles. The van der Waals surface area contributed by atoms with E-state index in [9.17, 15) is 0 Å². The van der Waals surface area contributed by atoms with Crippen LogP contribution in [0.15, 0.2) is 11.4 Å². The van der Waals surface area contributed by atoms with Gasteiger partial charge in [0.1, 0.15) is 0 Å². The lowest BCUT2D eigenvalue weighted by Crippen LogP contribution is -2.27. The van der Waals surface area contributed by atoms with Gasteiger partial charge in [0.2, 0.25) is 0 Å². The second-order valence-electron chi connectivity index (χ2n) is 3.51. The number of hydrogen-bond donors (Lipinski definition) is 1. The minimum atomic E-state index is 0.654. The number of halogens is 1. The molecule has 1 aromatic rings. The quantitative estimate of drug-likeness (QED) is 0.778. The summed E-state index contributed by atoms with van der Waals surface area (Å²) in [5.74, 6) is 0. The van der Waals surface area contributed by atoms with Crippen molar-refractivity contribution >= 4 is 22.9 Å². The molecule has 0 aromatic carbocycles. The molecule has 0 bridgehead atoms. The van der Waals surface area contributed by atoms with Crippen LogP contribution >= 0.6 is 22.9 Å². The van der Waals surface area contributed by atoms with Gasteiger partial charge in [0.15, 0.2) is 0 Å². The van der Waals surface area contributed by atoms with E-state index in [1.54, 1.807) is 11.3 Å². The highest BCUT2D eigenvalue weighted by Gasteiger charge is 2.04. The van der Waals surface area contributed by atoms with E-state index in [0.29, 0.717) is 6.04 Å². The van der Waals surface area contributed by atoms with Crippen LogP contribution in [0.2, 0.25) is 5.02 Å². The maximum Gasteiger partial charge on any atom is 0.0516 e. The first-order chi connectivity index (χ1) is 6.76. The molecule has 1 unspecified atom stereocenters. The fourth-order valence-electron chi connectivity index (χ4n) is 1.49. The lowest BCUT2D eigenvalue weighted by atomic mass is 10.1. The molecular formula is C11H18ClNS. The lowest BCUT2D eigenvalue weighted by molar-refractivity contribution is 0.464. The molecule has 1 heterocycles. The maximum atomic E-state index is 5.85. The van der Waals surface area contributed by atoms with Crippen molar-refractivity contribution < 1.29 is 0 Å². The van der Waals surface area contributed by atoms with Crippen LogP contribution in [0.25, 0.3) is 0 Å². The number of hydrogen-bond acceptors (Lipinski definition) is 2. The van der Waals surface area contributed by atoms with Crippen LogP contribution in [0, 0.1) is 0 Å². The highest BCUT2D eigenvalue weighted by atomic mass is 35.5.